The summed E-state index contributed by atoms with van der Waals surface area (Å²) in [6.45, 7) is 3.72. The quantitative estimate of drug-likeness (QED) is 0.589. The van der Waals surface area contributed by atoms with Gasteiger partial charge in [0.25, 0.3) is 11.8 Å². The summed E-state index contributed by atoms with van der Waals surface area (Å²) < 4.78 is 0. The number of hydrazine groups is 1. The third-order valence-electron chi connectivity index (χ3n) is 5.85. The van der Waals surface area contributed by atoms with Gasteiger partial charge in [0.2, 0.25) is 5.91 Å². The van der Waals surface area contributed by atoms with Crippen LogP contribution in [0, 0.1) is 0 Å². The zero-order valence-corrected chi connectivity index (χ0v) is 17.5. The van der Waals surface area contributed by atoms with Crippen molar-refractivity contribution >= 4 is 23.4 Å². The standard InChI is InChI=1S/C23H26N4O4/c1-13-16-7-3-4-8-17(16)18-9-5-6-10-20(18)27(23(13)31)26-21(29)14(2)25-22(30)19-11-15(28)12-24-19/h3-10,13-15,19,24,28H,11-12H2,1-2H3,(H,25,30)(H,26,29)/t13?,14-,15+,19-/m0/s1. The molecule has 4 rings (SSSR count). The van der Waals surface area contributed by atoms with Crippen LogP contribution in [0.5, 0.6) is 0 Å². The van der Waals surface area contributed by atoms with E-state index >= 15 is 0 Å². The van der Waals surface area contributed by atoms with Gasteiger partial charge in [-0.15, -0.1) is 0 Å². The Morgan fingerprint density at radius 3 is 2.52 bits per heavy atom. The predicted octanol–water partition coefficient (Wildman–Crippen LogP) is 1.06. The lowest BCUT2D eigenvalue weighted by molar-refractivity contribution is -0.131. The molecule has 4 N–H and O–H groups in total. The highest BCUT2D eigenvalue weighted by Crippen LogP contribution is 2.39. The molecule has 0 aliphatic carbocycles. The van der Waals surface area contributed by atoms with Crippen molar-refractivity contribution in [1.82, 2.24) is 16.1 Å². The highest BCUT2D eigenvalue weighted by Gasteiger charge is 2.34. The topological polar surface area (TPSA) is 111 Å². The van der Waals surface area contributed by atoms with Crippen molar-refractivity contribution in [3.63, 3.8) is 0 Å². The van der Waals surface area contributed by atoms with Crippen LogP contribution in [-0.2, 0) is 14.4 Å². The summed E-state index contributed by atoms with van der Waals surface area (Å²) in [6, 6.07) is 13.7. The molecule has 0 aromatic heterocycles. The van der Waals surface area contributed by atoms with Crippen molar-refractivity contribution in [1.29, 1.82) is 0 Å². The number of nitrogens with one attached hydrogen (secondary N) is 3. The number of anilines is 1. The van der Waals surface area contributed by atoms with E-state index in [1.807, 2.05) is 49.4 Å². The minimum absolute atomic E-state index is 0.259. The van der Waals surface area contributed by atoms with Crippen LogP contribution in [0.2, 0.25) is 0 Å². The molecule has 3 amide bonds. The number of carbonyl (C=O) groups excluding carboxylic acids is 3. The van der Waals surface area contributed by atoms with Crippen LogP contribution in [0.15, 0.2) is 48.5 Å². The summed E-state index contributed by atoms with van der Waals surface area (Å²) in [5.41, 5.74) is 5.96. The number of β-amino-alcohol motifs (C(OH)–C–C–N with tert-alkyl or cyclic N) is 1. The molecule has 2 heterocycles. The molecule has 0 spiro atoms. The Labute approximate surface area is 180 Å². The van der Waals surface area contributed by atoms with Gasteiger partial charge in [-0.3, -0.25) is 19.8 Å². The maximum Gasteiger partial charge on any atom is 0.261 e. The molecule has 8 nitrogen and oxygen atoms in total. The number of benzene rings is 2. The maximum atomic E-state index is 13.3. The van der Waals surface area contributed by atoms with E-state index in [4.69, 9.17) is 0 Å². The highest BCUT2D eigenvalue weighted by atomic mass is 16.3. The first-order valence-corrected chi connectivity index (χ1v) is 10.4. The van der Waals surface area contributed by atoms with Crippen molar-refractivity contribution in [3.8, 4) is 11.1 Å². The Balaban J connectivity index is 1.56. The fraction of sp³-hybridized carbons (Fsp3) is 0.348. The number of nitrogens with zero attached hydrogens (tertiary/aromatic N) is 1. The molecule has 1 fully saturated rings. The molecule has 2 aliphatic rings. The summed E-state index contributed by atoms with van der Waals surface area (Å²) in [7, 11) is 0. The van der Waals surface area contributed by atoms with E-state index in [2.05, 4.69) is 16.1 Å². The minimum Gasteiger partial charge on any atom is -0.392 e. The first-order valence-electron chi connectivity index (χ1n) is 10.4. The van der Waals surface area contributed by atoms with Crippen molar-refractivity contribution in [2.45, 2.75) is 44.4 Å². The average Bonchev–Trinajstić information content (AvgIpc) is 3.19. The molecule has 1 saturated heterocycles. The van der Waals surface area contributed by atoms with Gasteiger partial charge in [0.05, 0.1) is 23.8 Å². The third-order valence-corrected chi connectivity index (χ3v) is 5.85. The fourth-order valence-corrected chi connectivity index (χ4v) is 4.08. The molecular formula is C23H26N4O4. The summed E-state index contributed by atoms with van der Waals surface area (Å²) >= 11 is 0. The lowest BCUT2D eigenvalue weighted by atomic mass is 9.92. The van der Waals surface area contributed by atoms with E-state index in [9.17, 15) is 19.5 Å². The lowest BCUT2D eigenvalue weighted by Gasteiger charge is -2.27. The van der Waals surface area contributed by atoms with E-state index in [0.717, 1.165) is 16.7 Å². The molecular weight excluding hydrogens is 396 g/mol. The number of hydrogen-bond acceptors (Lipinski definition) is 5. The maximum absolute atomic E-state index is 13.3. The second kappa shape index (κ2) is 8.49. The Hall–Kier alpha value is -3.23. The predicted molar refractivity (Wildman–Crippen MR) is 116 cm³/mol. The van der Waals surface area contributed by atoms with Gasteiger partial charge in [0.1, 0.15) is 6.04 Å². The van der Waals surface area contributed by atoms with Gasteiger partial charge in [0, 0.05) is 12.1 Å². The average molecular weight is 422 g/mol. The largest absolute Gasteiger partial charge is 0.392 e. The number of para-hydroxylation sites is 1. The fourth-order valence-electron chi connectivity index (χ4n) is 4.08. The number of hydrogen-bond donors (Lipinski definition) is 4. The van der Waals surface area contributed by atoms with Crippen LogP contribution in [0.25, 0.3) is 11.1 Å². The molecule has 8 heteroatoms. The molecule has 31 heavy (non-hydrogen) atoms. The molecule has 0 radical (unpaired) electrons. The smallest absolute Gasteiger partial charge is 0.261 e. The van der Waals surface area contributed by atoms with Gasteiger partial charge in [-0.1, -0.05) is 42.5 Å². The minimum atomic E-state index is -0.868. The molecule has 2 aliphatic heterocycles. The van der Waals surface area contributed by atoms with Crippen LogP contribution in [0.1, 0.15) is 31.7 Å². The van der Waals surface area contributed by atoms with E-state index in [0.29, 0.717) is 18.7 Å². The van der Waals surface area contributed by atoms with Gasteiger partial charge < -0.3 is 15.7 Å². The Kier molecular flexibility index (Phi) is 5.75. The summed E-state index contributed by atoms with van der Waals surface area (Å²) in [5.74, 6) is -1.58. The van der Waals surface area contributed by atoms with Crippen molar-refractivity contribution < 1.29 is 19.5 Å². The summed E-state index contributed by atoms with van der Waals surface area (Å²) in [4.78, 5) is 38.5. The molecule has 1 unspecified atom stereocenters. The Morgan fingerprint density at radius 2 is 1.81 bits per heavy atom. The van der Waals surface area contributed by atoms with Crippen LogP contribution >= 0.6 is 0 Å². The monoisotopic (exact) mass is 422 g/mol. The van der Waals surface area contributed by atoms with Crippen LogP contribution < -0.4 is 21.1 Å². The first kappa shape index (κ1) is 21.0. The Bertz CT molecular complexity index is 1020. The van der Waals surface area contributed by atoms with Crippen molar-refractivity contribution in [2.24, 2.45) is 0 Å². The second-order valence-corrected chi connectivity index (χ2v) is 8.06. The summed E-state index contributed by atoms with van der Waals surface area (Å²) in [5, 5.41) is 16.4. The summed E-state index contributed by atoms with van der Waals surface area (Å²) in [6.07, 6.45) is -0.275. The van der Waals surface area contributed by atoms with E-state index in [-0.39, 0.29) is 11.8 Å². The van der Waals surface area contributed by atoms with Crippen LogP contribution in [-0.4, -0.2) is 47.6 Å². The SMILES string of the molecule is CC1C(=O)N(NC(=O)[C@H](C)NC(=O)[C@@H]2C[C@@H](O)CN2)c2ccccc2-c2ccccc21. The van der Waals surface area contributed by atoms with Crippen molar-refractivity contribution in [3.05, 3.63) is 54.1 Å². The van der Waals surface area contributed by atoms with Gasteiger partial charge in [-0.05, 0) is 37.5 Å². The molecule has 162 valence electrons. The number of amides is 3. The highest BCUT2D eigenvalue weighted by molar-refractivity contribution is 6.06. The second-order valence-electron chi connectivity index (χ2n) is 8.06. The van der Waals surface area contributed by atoms with Gasteiger partial charge in [-0.25, -0.2) is 5.01 Å². The molecule has 0 saturated carbocycles. The number of aliphatic hydroxyl groups is 1. The van der Waals surface area contributed by atoms with Gasteiger partial charge in [-0.2, -0.15) is 0 Å². The Morgan fingerprint density at radius 1 is 1.13 bits per heavy atom. The van der Waals surface area contributed by atoms with Crippen molar-refractivity contribution in [2.75, 3.05) is 11.6 Å². The molecule has 2 aromatic rings. The van der Waals surface area contributed by atoms with Gasteiger partial charge in [0.15, 0.2) is 0 Å². The molecule has 0 bridgehead atoms. The van der Waals surface area contributed by atoms with Gasteiger partial charge >= 0.3 is 0 Å². The molecule has 2 aromatic carbocycles. The lowest BCUT2D eigenvalue weighted by Crippen LogP contribution is -2.55. The zero-order chi connectivity index (χ0) is 22.1. The van der Waals surface area contributed by atoms with Crippen LogP contribution in [0.4, 0.5) is 5.69 Å². The number of carbonyl (C=O) groups is 3. The van der Waals surface area contributed by atoms with E-state index in [1.165, 1.54) is 5.01 Å². The van der Waals surface area contributed by atoms with E-state index in [1.54, 1.807) is 13.0 Å². The molecule has 4 atom stereocenters. The zero-order valence-electron chi connectivity index (χ0n) is 17.5. The number of fused-ring (bicyclic) bond motifs is 3. The first-order chi connectivity index (χ1) is 14.9. The number of rotatable bonds is 4. The van der Waals surface area contributed by atoms with E-state index < -0.39 is 30.0 Å². The normalized spacial score (nSPS) is 23.4. The number of aliphatic hydroxyl groups excluding tert-OH is 1. The van der Waals surface area contributed by atoms with Crippen LogP contribution in [0.3, 0.4) is 0 Å². The third kappa shape index (κ3) is 4.04.